The highest BCUT2D eigenvalue weighted by Gasteiger charge is 2.48. The van der Waals surface area contributed by atoms with Gasteiger partial charge in [0.25, 0.3) is 0 Å². The maximum Gasteiger partial charge on any atom is 0.0703 e. The molecule has 4 heteroatoms. The highest BCUT2D eigenvalue weighted by atomic mass is 16.5. The number of likely N-dealkylation sites (N-methyl/N-ethyl adjacent to an activating group) is 1. The molecule has 2 fully saturated rings. The molecule has 0 aromatic carbocycles. The molecular formula is C14H28N2O2. The summed E-state index contributed by atoms with van der Waals surface area (Å²) < 4.78 is 11.4. The maximum absolute atomic E-state index is 6.04. The zero-order valence-corrected chi connectivity index (χ0v) is 11.9. The molecule has 1 atom stereocenters. The molecule has 4 nitrogen and oxygen atoms in total. The van der Waals surface area contributed by atoms with Crippen molar-refractivity contribution < 1.29 is 9.47 Å². The Bertz CT molecular complexity index is 248. The molecule has 0 radical (unpaired) electrons. The van der Waals surface area contributed by atoms with E-state index in [1.807, 2.05) is 0 Å². The van der Waals surface area contributed by atoms with Crippen LogP contribution in [0.1, 0.15) is 39.5 Å². The molecule has 1 unspecified atom stereocenters. The fraction of sp³-hybridized carbons (Fsp3) is 1.00. The molecule has 1 heterocycles. The Hall–Kier alpha value is -0.160. The SMILES string of the molecule is CCOC1CC(CN)(N(CC)CC2CCCO2)C1. The van der Waals surface area contributed by atoms with Gasteiger partial charge in [0, 0.05) is 31.8 Å². The van der Waals surface area contributed by atoms with E-state index in [2.05, 4.69) is 18.7 Å². The second-order valence-electron chi connectivity index (χ2n) is 5.59. The molecule has 1 aliphatic heterocycles. The van der Waals surface area contributed by atoms with Gasteiger partial charge in [0.15, 0.2) is 0 Å². The third-order valence-corrected chi connectivity index (χ3v) is 4.50. The van der Waals surface area contributed by atoms with Crippen LogP contribution >= 0.6 is 0 Å². The summed E-state index contributed by atoms with van der Waals surface area (Å²) in [6, 6.07) is 0. The van der Waals surface area contributed by atoms with Crippen LogP contribution in [0.5, 0.6) is 0 Å². The van der Waals surface area contributed by atoms with Gasteiger partial charge in [-0.2, -0.15) is 0 Å². The minimum Gasteiger partial charge on any atom is -0.378 e. The van der Waals surface area contributed by atoms with Gasteiger partial charge in [-0.05, 0) is 39.2 Å². The van der Waals surface area contributed by atoms with Gasteiger partial charge in [-0.25, -0.2) is 0 Å². The summed E-state index contributed by atoms with van der Waals surface area (Å²) in [6.45, 7) is 8.84. The van der Waals surface area contributed by atoms with Crippen LogP contribution in [-0.4, -0.2) is 55.5 Å². The molecule has 1 aliphatic carbocycles. The first-order valence-electron chi connectivity index (χ1n) is 7.42. The lowest BCUT2D eigenvalue weighted by atomic mass is 9.72. The van der Waals surface area contributed by atoms with Crippen LogP contribution in [0.2, 0.25) is 0 Å². The monoisotopic (exact) mass is 256 g/mol. The van der Waals surface area contributed by atoms with Crippen LogP contribution in [-0.2, 0) is 9.47 Å². The van der Waals surface area contributed by atoms with Crippen LogP contribution in [0.25, 0.3) is 0 Å². The third-order valence-electron chi connectivity index (χ3n) is 4.50. The lowest BCUT2D eigenvalue weighted by Crippen LogP contribution is -2.65. The van der Waals surface area contributed by atoms with Crippen molar-refractivity contribution in [3.05, 3.63) is 0 Å². The van der Waals surface area contributed by atoms with Crippen molar-refractivity contribution in [3.8, 4) is 0 Å². The van der Waals surface area contributed by atoms with Gasteiger partial charge in [0.1, 0.15) is 0 Å². The van der Waals surface area contributed by atoms with Crippen molar-refractivity contribution in [3.63, 3.8) is 0 Å². The van der Waals surface area contributed by atoms with Gasteiger partial charge < -0.3 is 15.2 Å². The highest BCUT2D eigenvalue weighted by Crippen LogP contribution is 2.39. The van der Waals surface area contributed by atoms with Crippen molar-refractivity contribution in [1.29, 1.82) is 0 Å². The molecule has 1 saturated heterocycles. The average Bonchev–Trinajstić information content (AvgIpc) is 2.83. The van der Waals surface area contributed by atoms with E-state index in [9.17, 15) is 0 Å². The van der Waals surface area contributed by atoms with Gasteiger partial charge in [0.2, 0.25) is 0 Å². The third kappa shape index (κ3) is 2.87. The summed E-state index contributed by atoms with van der Waals surface area (Å²) in [6.07, 6.45) is 5.40. The number of hydrogen-bond acceptors (Lipinski definition) is 4. The van der Waals surface area contributed by atoms with Crippen LogP contribution in [0.15, 0.2) is 0 Å². The number of nitrogens with zero attached hydrogens (tertiary/aromatic N) is 1. The van der Waals surface area contributed by atoms with Crippen molar-refractivity contribution >= 4 is 0 Å². The fourth-order valence-electron chi connectivity index (χ4n) is 3.39. The van der Waals surface area contributed by atoms with Gasteiger partial charge >= 0.3 is 0 Å². The molecule has 0 spiro atoms. The molecule has 0 aromatic heterocycles. The van der Waals surface area contributed by atoms with Crippen LogP contribution in [0, 0.1) is 0 Å². The number of ether oxygens (including phenoxy) is 2. The smallest absolute Gasteiger partial charge is 0.0703 e. The first-order valence-corrected chi connectivity index (χ1v) is 7.42. The summed E-state index contributed by atoms with van der Waals surface area (Å²) in [5.41, 5.74) is 6.21. The highest BCUT2D eigenvalue weighted by molar-refractivity contribution is 5.04. The van der Waals surface area contributed by atoms with E-state index in [1.54, 1.807) is 0 Å². The van der Waals surface area contributed by atoms with Crippen molar-refractivity contribution in [1.82, 2.24) is 4.90 Å². The molecule has 2 N–H and O–H groups in total. The Kier molecular flexibility index (Phi) is 5.01. The molecule has 2 aliphatic rings. The Morgan fingerprint density at radius 2 is 2.17 bits per heavy atom. The summed E-state index contributed by atoms with van der Waals surface area (Å²) in [7, 11) is 0. The zero-order chi connectivity index (χ0) is 13.0. The van der Waals surface area contributed by atoms with Crippen LogP contribution < -0.4 is 5.73 Å². The van der Waals surface area contributed by atoms with E-state index in [4.69, 9.17) is 15.2 Å². The molecule has 0 bridgehead atoms. The fourth-order valence-corrected chi connectivity index (χ4v) is 3.39. The zero-order valence-electron chi connectivity index (χ0n) is 11.9. The van der Waals surface area contributed by atoms with E-state index in [-0.39, 0.29) is 5.54 Å². The Labute approximate surface area is 111 Å². The van der Waals surface area contributed by atoms with Gasteiger partial charge in [-0.3, -0.25) is 4.90 Å². The first-order chi connectivity index (χ1) is 8.74. The van der Waals surface area contributed by atoms with Crippen molar-refractivity contribution in [2.45, 2.75) is 57.3 Å². The molecule has 1 saturated carbocycles. The molecular weight excluding hydrogens is 228 g/mol. The number of hydrogen-bond donors (Lipinski definition) is 1. The summed E-state index contributed by atoms with van der Waals surface area (Å²) in [5, 5.41) is 0. The van der Waals surface area contributed by atoms with E-state index in [1.165, 1.54) is 12.8 Å². The van der Waals surface area contributed by atoms with Crippen LogP contribution in [0.3, 0.4) is 0 Å². The van der Waals surface area contributed by atoms with E-state index < -0.39 is 0 Å². The summed E-state index contributed by atoms with van der Waals surface area (Å²) in [5.74, 6) is 0. The predicted molar refractivity (Wildman–Crippen MR) is 72.7 cm³/mol. The number of nitrogens with two attached hydrogens (primary N) is 1. The quantitative estimate of drug-likeness (QED) is 0.747. The van der Waals surface area contributed by atoms with E-state index in [0.29, 0.717) is 12.2 Å². The Morgan fingerprint density at radius 1 is 1.39 bits per heavy atom. The molecule has 0 amide bonds. The second kappa shape index (κ2) is 6.33. The van der Waals surface area contributed by atoms with Crippen molar-refractivity contribution in [2.24, 2.45) is 5.73 Å². The lowest BCUT2D eigenvalue weighted by molar-refractivity contribution is -0.108. The molecule has 106 valence electrons. The topological polar surface area (TPSA) is 47.7 Å². The summed E-state index contributed by atoms with van der Waals surface area (Å²) >= 11 is 0. The largest absolute Gasteiger partial charge is 0.378 e. The Morgan fingerprint density at radius 3 is 2.67 bits per heavy atom. The predicted octanol–water partition coefficient (Wildman–Crippen LogP) is 1.38. The normalized spacial score (nSPS) is 36.0. The maximum atomic E-state index is 6.04. The minimum absolute atomic E-state index is 0.167. The molecule has 0 aromatic rings. The van der Waals surface area contributed by atoms with Crippen LogP contribution in [0.4, 0.5) is 0 Å². The molecule has 2 rings (SSSR count). The standard InChI is InChI=1S/C14H28N2O2/c1-3-16(10-12-6-5-7-18-12)14(11-15)8-13(9-14)17-4-2/h12-13H,3-11,15H2,1-2H3. The Balaban J connectivity index is 1.88. The summed E-state index contributed by atoms with van der Waals surface area (Å²) in [4.78, 5) is 2.53. The van der Waals surface area contributed by atoms with Crippen molar-refractivity contribution in [2.75, 3.05) is 32.8 Å². The first kappa shape index (κ1) is 14.3. The lowest BCUT2D eigenvalue weighted by Gasteiger charge is -2.54. The van der Waals surface area contributed by atoms with E-state index in [0.717, 1.165) is 45.7 Å². The minimum atomic E-state index is 0.167. The number of rotatable bonds is 7. The van der Waals surface area contributed by atoms with Gasteiger partial charge in [0.05, 0.1) is 12.2 Å². The molecule has 18 heavy (non-hydrogen) atoms. The average molecular weight is 256 g/mol. The second-order valence-corrected chi connectivity index (χ2v) is 5.59. The van der Waals surface area contributed by atoms with Gasteiger partial charge in [-0.15, -0.1) is 0 Å². The van der Waals surface area contributed by atoms with Gasteiger partial charge in [-0.1, -0.05) is 6.92 Å². The van der Waals surface area contributed by atoms with E-state index >= 15 is 0 Å².